The molecular weight excluding hydrogens is 398 g/mol. The Bertz CT molecular complexity index is 735. The Morgan fingerprint density at radius 2 is 0.880 bits per heavy atom. The highest BCUT2D eigenvalue weighted by molar-refractivity contribution is 5.54. The lowest BCUT2D eigenvalue weighted by Crippen LogP contribution is -2.44. The predicted octanol–water partition coefficient (Wildman–Crippen LogP) is 5.83. The van der Waals surface area contributed by atoms with E-state index >= 15 is 0 Å². The highest BCUT2D eigenvalue weighted by atomic mass is 19.4. The van der Waals surface area contributed by atoms with Gasteiger partial charge in [0.1, 0.15) is 16.9 Å². The summed E-state index contributed by atoms with van der Waals surface area (Å²) < 4.78 is 183. The van der Waals surface area contributed by atoms with Gasteiger partial charge >= 0.3 is 30.1 Å². The second-order valence-corrected chi connectivity index (χ2v) is 4.85. The molecule has 2 rings (SSSR count). The van der Waals surface area contributed by atoms with Crippen molar-refractivity contribution in [2.24, 2.45) is 0 Å². The van der Waals surface area contributed by atoms with Gasteiger partial charge in [0.15, 0.2) is 5.82 Å². The average Bonchev–Trinajstić information content (AvgIpc) is 2.42. The summed E-state index contributed by atoms with van der Waals surface area (Å²) in [5.74, 6) is -27.1. The summed E-state index contributed by atoms with van der Waals surface area (Å²) in [5, 5.41) is 0. The van der Waals surface area contributed by atoms with E-state index < -0.39 is 64.0 Å². The van der Waals surface area contributed by atoms with E-state index in [1.807, 2.05) is 0 Å². The van der Waals surface area contributed by atoms with Crippen molar-refractivity contribution in [1.82, 2.24) is 0 Å². The maximum atomic E-state index is 13.6. The quantitative estimate of drug-likeness (QED) is 0.482. The van der Waals surface area contributed by atoms with Gasteiger partial charge in [0.25, 0.3) is 0 Å². The summed E-state index contributed by atoms with van der Waals surface area (Å²) in [6.07, 6.45) is -13.0. The molecule has 0 aliphatic heterocycles. The first-order valence-corrected chi connectivity index (χ1v) is 5.65. The molecule has 142 valence electrons. The minimum atomic E-state index is -6.74. The van der Waals surface area contributed by atoms with Crippen molar-refractivity contribution < 1.29 is 61.5 Å². The Morgan fingerprint density at radius 1 is 0.520 bits per heavy atom. The van der Waals surface area contributed by atoms with Gasteiger partial charge in [-0.3, -0.25) is 0 Å². The minimum Gasteiger partial charge on any atom is -0.206 e. The molecule has 0 aromatic heterocycles. The van der Waals surface area contributed by atoms with Crippen LogP contribution in [0.3, 0.4) is 0 Å². The van der Waals surface area contributed by atoms with Gasteiger partial charge in [-0.15, -0.1) is 0 Å². The number of fused-ring (bicyclic) bond motifs is 1. The lowest BCUT2D eigenvalue weighted by Gasteiger charge is -2.24. The number of alkyl halides is 12. The largest absolute Gasteiger partial charge is 0.422 e. The van der Waals surface area contributed by atoms with E-state index in [1.54, 1.807) is 0 Å². The molecule has 0 atom stereocenters. The summed E-state index contributed by atoms with van der Waals surface area (Å²) in [7, 11) is 0. The summed E-state index contributed by atoms with van der Waals surface area (Å²) in [6, 6.07) is 0. The highest BCUT2D eigenvalue weighted by Crippen LogP contribution is 2.66. The van der Waals surface area contributed by atoms with Crippen molar-refractivity contribution in [3.63, 3.8) is 0 Å². The molecule has 1 aromatic carbocycles. The maximum absolute atomic E-state index is 13.6. The van der Waals surface area contributed by atoms with Crippen LogP contribution in [0.2, 0.25) is 0 Å². The van der Waals surface area contributed by atoms with Crippen LogP contribution in [-0.2, 0) is 24.2 Å². The van der Waals surface area contributed by atoms with E-state index in [4.69, 9.17) is 0 Å². The van der Waals surface area contributed by atoms with E-state index in [2.05, 4.69) is 0 Å². The molecule has 0 nitrogen and oxygen atoms in total. The highest BCUT2D eigenvalue weighted by Gasteiger charge is 2.82. The van der Waals surface area contributed by atoms with Crippen LogP contribution in [0, 0.1) is 11.6 Å². The molecule has 0 unspecified atom stereocenters. The summed E-state index contributed by atoms with van der Waals surface area (Å²) in [6.45, 7) is 0. The standard InChI is InChI=1S/C11F14/c12-5-2-1(7(14,15)11(24,25)8(2,16)17)3(9(18,19)20)6(13)4(5)10(21,22)23. The van der Waals surface area contributed by atoms with Crippen molar-refractivity contribution in [1.29, 1.82) is 0 Å². The average molecular weight is 398 g/mol. The van der Waals surface area contributed by atoms with Gasteiger partial charge in [-0.1, -0.05) is 0 Å². The van der Waals surface area contributed by atoms with Gasteiger partial charge in [0, 0.05) is 0 Å². The van der Waals surface area contributed by atoms with Crippen molar-refractivity contribution >= 4 is 0 Å². The molecule has 0 saturated carbocycles. The van der Waals surface area contributed by atoms with Crippen LogP contribution in [-0.4, -0.2) is 5.92 Å². The molecule has 0 bridgehead atoms. The zero-order chi connectivity index (χ0) is 20.0. The molecule has 25 heavy (non-hydrogen) atoms. The smallest absolute Gasteiger partial charge is 0.206 e. The van der Waals surface area contributed by atoms with Crippen LogP contribution in [0.5, 0.6) is 0 Å². The number of hydrogen-bond donors (Lipinski definition) is 0. The minimum absolute atomic E-state index is 3.55. The molecule has 0 N–H and O–H groups in total. The predicted molar refractivity (Wildman–Crippen MR) is 49.1 cm³/mol. The van der Waals surface area contributed by atoms with Crippen LogP contribution in [0.25, 0.3) is 0 Å². The number of benzene rings is 1. The van der Waals surface area contributed by atoms with Gasteiger partial charge in [-0.25, -0.2) is 8.78 Å². The Balaban J connectivity index is 3.20. The maximum Gasteiger partial charge on any atom is 0.422 e. The second kappa shape index (κ2) is 4.69. The molecule has 0 saturated heterocycles. The molecule has 0 amide bonds. The molecule has 14 heteroatoms. The normalized spacial score (nSPS) is 21.4. The van der Waals surface area contributed by atoms with Crippen molar-refractivity contribution in [2.45, 2.75) is 30.1 Å². The topological polar surface area (TPSA) is 0 Å². The Labute approximate surface area is 127 Å². The van der Waals surface area contributed by atoms with Crippen LogP contribution in [0.4, 0.5) is 61.5 Å². The fourth-order valence-corrected chi connectivity index (χ4v) is 2.33. The Morgan fingerprint density at radius 3 is 1.24 bits per heavy atom. The summed E-state index contributed by atoms with van der Waals surface area (Å²) in [4.78, 5) is 0. The van der Waals surface area contributed by atoms with Crippen molar-refractivity contribution in [3.05, 3.63) is 33.9 Å². The molecule has 0 fully saturated rings. The first-order valence-electron chi connectivity index (χ1n) is 5.65. The Hall–Kier alpha value is -1.76. The third kappa shape index (κ3) is 2.21. The summed E-state index contributed by atoms with van der Waals surface area (Å²) in [5.41, 5.74) is -14.5. The summed E-state index contributed by atoms with van der Waals surface area (Å²) >= 11 is 0. The lowest BCUT2D eigenvalue weighted by atomic mass is 9.95. The van der Waals surface area contributed by atoms with E-state index in [9.17, 15) is 61.5 Å². The first kappa shape index (κ1) is 19.6. The molecule has 0 spiro atoms. The van der Waals surface area contributed by atoms with Crippen LogP contribution in [0.1, 0.15) is 22.3 Å². The van der Waals surface area contributed by atoms with E-state index in [0.717, 1.165) is 0 Å². The monoisotopic (exact) mass is 398 g/mol. The van der Waals surface area contributed by atoms with Crippen molar-refractivity contribution in [2.75, 3.05) is 0 Å². The Kier molecular flexibility index (Phi) is 3.67. The fourth-order valence-electron chi connectivity index (χ4n) is 2.33. The zero-order valence-electron chi connectivity index (χ0n) is 10.8. The van der Waals surface area contributed by atoms with Crippen LogP contribution >= 0.6 is 0 Å². The molecular formula is C11F14. The lowest BCUT2D eigenvalue weighted by molar-refractivity contribution is -0.303. The zero-order valence-corrected chi connectivity index (χ0v) is 10.8. The van der Waals surface area contributed by atoms with Crippen LogP contribution in [0.15, 0.2) is 0 Å². The van der Waals surface area contributed by atoms with Crippen molar-refractivity contribution in [3.8, 4) is 0 Å². The van der Waals surface area contributed by atoms with Crippen LogP contribution < -0.4 is 0 Å². The first-order chi connectivity index (χ1) is 10.8. The third-order valence-electron chi connectivity index (χ3n) is 3.36. The molecule has 1 aliphatic rings. The molecule has 0 heterocycles. The fraction of sp³-hybridized carbons (Fsp3) is 0.455. The second-order valence-electron chi connectivity index (χ2n) is 4.85. The number of hydrogen-bond acceptors (Lipinski definition) is 0. The van der Waals surface area contributed by atoms with E-state index in [1.165, 1.54) is 0 Å². The van der Waals surface area contributed by atoms with E-state index in [0.29, 0.717) is 0 Å². The molecule has 0 radical (unpaired) electrons. The van der Waals surface area contributed by atoms with Gasteiger partial charge in [0.2, 0.25) is 0 Å². The third-order valence-corrected chi connectivity index (χ3v) is 3.36. The van der Waals surface area contributed by atoms with Gasteiger partial charge in [-0.05, 0) is 0 Å². The molecule has 1 aromatic rings. The molecule has 1 aliphatic carbocycles. The van der Waals surface area contributed by atoms with E-state index in [-0.39, 0.29) is 0 Å². The van der Waals surface area contributed by atoms with Gasteiger partial charge in [-0.2, -0.15) is 52.7 Å². The SMILES string of the molecule is Fc1c(C(F)(F)F)c(F)c2c(c1C(F)(F)F)C(F)(F)C(F)(F)C2(F)F. The van der Waals surface area contributed by atoms with Gasteiger partial charge < -0.3 is 0 Å². The number of halogens is 14. The number of rotatable bonds is 0. The van der Waals surface area contributed by atoms with Gasteiger partial charge in [0.05, 0.1) is 11.1 Å².